The largest absolute Gasteiger partial charge is 0.459 e. The van der Waals surface area contributed by atoms with E-state index < -0.39 is 10.4 Å². The zero-order chi connectivity index (χ0) is 16.3. The summed E-state index contributed by atoms with van der Waals surface area (Å²) in [7, 11) is 0. The van der Waals surface area contributed by atoms with E-state index in [1.807, 2.05) is 0 Å². The van der Waals surface area contributed by atoms with E-state index in [9.17, 15) is 4.79 Å². The van der Waals surface area contributed by atoms with Crippen LogP contribution in [0.5, 0.6) is 0 Å². The van der Waals surface area contributed by atoms with Crippen molar-refractivity contribution in [2.75, 3.05) is 0 Å². The van der Waals surface area contributed by atoms with Gasteiger partial charge in [-0.05, 0) is 37.8 Å². The molecule has 0 unspecified atom stereocenters. The second kappa shape index (κ2) is 7.54. The first kappa shape index (κ1) is 18.1. The van der Waals surface area contributed by atoms with Crippen molar-refractivity contribution < 1.29 is 9.53 Å². The summed E-state index contributed by atoms with van der Waals surface area (Å²) in [6.45, 7) is 0. The molecule has 0 amide bonds. The van der Waals surface area contributed by atoms with Gasteiger partial charge in [0.2, 0.25) is 0 Å². The van der Waals surface area contributed by atoms with Crippen molar-refractivity contribution in [2.45, 2.75) is 36.2 Å². The Labute approximate surface area is 152 Å². The van der Waals surface area contributed by atoms with Gasteiger partial charge in [-0.15, -0.1) is 10.2 Å². The lowest BCUT2D eigenvalue weighted by molar-refractivity contribution is -0.149. The molecule has 1 saturated carbocycles. The van der Waals surface area contributed by atoms with E-state index in [2.05, 4.69) is 10.2 Å². The molecule has 1 aromatic rings. The second-order valence-corrected chi connectivity index (χ2v) is 7.31. The van der Waals surface area contributed by atoms with E-state index in [0.717, 1.165) is 25.7 Å². The Hall–Kier alpha value is -0.260. The molecule has 0 saturated heterocycles. The van der Waals surface area contributed by atoms with Gasteiger partial charge in [-0.1, -0.05) is 58.0 Å². The number of hydrogen-bond acceptors (Lipinski definition) is 4. The van der Waals surface area contributed by atoms with E-state index in [1.165, 1.54) is 12.1 Å². The number of carbonyl (C=O) groups is 1. The number of esters is 1. The number of benzene rings is 1. The van der Waals surface area contributed by atoms with Crippen LogP contribution in [0.1, 0.15) is 25.7 Å². The average Bonchev–Trinajstić information content (AvgIpc) is 2.90. The molecule has 0 spiro atoms. The van der Waals surface area contributed by atoms with Crippen molar-refractivity contribution in [2.24, 2.45) is 10.2 Å². The average molecular weight is 405 g/mol. The summed E-state index contributed by atoms with van der Waals surface area (Å²) in [6, 6.07) is 2.87. The smallest absolute Gasteiger partial charge is 0.368 e. The van der Waals surface area contributed by atoms with Gasteiger partial charge in [0.15, 0.2) is 0 Å². The maximum absolute atomic E-state index is 11.9. The topological polar surface area (TPSA) is 51.0 Å². The molecule has 22 heavy (non-hydrogen) atoms. The Balaban J connectivity index is 2.11. The predicted molar refractivity (Wildman–Crippen MR) is 88.8 cm³/mol. The molecule has 0 radical (unpaired) electrons. The molecule has 1 aliphatic rings. The molecule has 0 atom stereocenters. The Kier molecular flexibility index (Phi) is 6.20. The predicted octanol–water partition coefficient (Wildman–Crippen LogP) is 6.35. The summed E-state index contributed by atoms with van der Waals surface area (Å²) in [5.74, 6) is -0.868. The molecular formula is C13H11Cl5N2O2. The highest BCUT2D eigenvalue weighted by Crippen LogP contribution is 2.38. The number of alkyl halides is 2. The van der Waals surface area contributed by atoms with Gasteiger partial charge in [-0.3, -0.25) is 0 Å². The second-order valence-electron chi connectivity index (χ2n) is 4.77. The Morgan fingerprint density at radius 3 is 2.23 bits per heavy atom. The maximum atomic E-state index is 11.9. The summed E-state index contributed by atoms with van der Waals surface area (Å²) in [5.41, 5.74) is 0.118. The van der Waals surface area contributed by atoms with E-state index >= 15 is 0 Å². The molecule has 1 fully saturated rings. The number of halogens is 5. The molecule has 0 N–H and O–H groups in total. The lowest BCUT2D eigenvalue weighted by Crippen LogP contribution is -2.29. The molecule has 0 aliphatic heterocycles. The quantitative estimate of drug-likeness (QED) is 0.254. The van der Waals surface area contributed by atoms with Crippen molar-refractivity contribution >= 4 is 69.7 Å². The molecule has 9 heteroatoms. The van der Waals surface area contributed by atoms with Crippen LogP contribution in [0.15, 0.2) is 22.4 Å². The third-order valence-electron chi connectivity index (χ3n) is 3.08. The maximum Gasteiger partial charge on any atom is 0.368 e. The van der Waals surface area contributed by atoms with E-state index in [1.54, 1.807) is 0 Å². The highest BCUT2D eigenvalue weighted by atomic mass is 35.5. The van der Waals surface area contributed by atoms with Crippen LogP contribution in [-0.4, -0.2) is 16.5 Å². The number of nitrogens with zero attached hydrogens (tertiary/aromatic N) is 2. The summed E-state index contributed by atoms with van der Waals surface area (Å²) in [5, 5.41) is 8.01. The summed E-state index contributed by atoms with van der Waals surface area (Å²) in [6.07, 6.45) is 3.42. The van der Waals surface area contributed by atoms with Crippen LogP contribution in [0.3, 0.4) is 0 Å². The van der Waals surface area contributed by atoms with Gasteiger partial charge in [-0.2, -0.15) is 0 Å². The minimum atomic E-state index is -2.16. The summed E-state index contributed by atoms with van der Waals surface area (Å²) >= 11 is 29.4. The van der Waals surface area contributed by atoms with Crippen molar-refractivity contribution in [3.63, 3.8) is 0 Å². The van der Waals surface area contributed by atoms with Crippen LogP contribution in [0, 0.1) is 0 Å². The first-order valence-electron chi connectivity index (χ1n) is 6.46. The standard InChI is InChI=1S/C13H11Cl5N2O2/c14-7-5-9(15)11(10(16)6-7)19-20-13(17,18)12(21)22-8-3-1-2-4-8/h5-6,8H,1-4H2/b20-19+. The van der Waals surface area contributed by atoms with Crippen molar-refractivity contribution in [3.05, 3.63) is 27.2 Å². The van der Waals surface area contributed by atoms with Gasteiger partial charge in [0.1, 0.15) is 11.8 Å². The van der Waals surface area contributed by atoms with E-state index in [0.29, 0.717) is 5.02 Å². The number of carbonyl (C=O) groups excluding carboxylic acids is 1. The van der Waals surface area contributed by atoms with E-state index in [4.69, 9.17) is 62.7 Å². The van der Waals surface area contributed by atoms with Crippen LogP contribution < -0.4 is 0 Å². The number of hydrogen-bond donors (Lipinski definition) is 0. The van der Waals surface area contributed by atoms with Gasteiger partial charge in [0, 0.05) is 5.02 Å². The molecule has 1 aliphatic carbocycles. The fraction of sp³-hybridized carbons (Fsp3) is 0.462. The lowest BCUT2D eigenvalue weighted by atomic mass is 10.3. The number of rotatable bonds is 4. The third kappa shape index (κ3) is 4.62. The molecule has 0 heterocycles. The van der Waals surface area contributed by atoms with E-state index in [-0.39, 0.29) is 21.8 Å². The minimum Gasteiger partial charge on any atom is -0.459 e. The Morgan fingerprint density at radius 1 is 1.14 bits per heavy atom. The van der Waals surface area contributed by atoms with Crippen LogP contribution >= 0.6 is 58.0 Å². The number of ether oxygens (including phenoxy) is 1. The van der Waals surface area contributed by atoms with Gasteiger partial charge in [0.05, 0.1) is 10.0 Å². The molecule has 4 nitrogen and oxygen atoms in total. The van der Waals surface area contributed by atoms with Crippen molar-refractivity contribution in [1.29, 1.82) is 0 Å². The first-order chi connectivity index (χ1) is 10.3. The Bertz CT molecular complexity index is 577. The molecule has 0 aromatic heterocycles. The monoisotopic (exact) mass is 402 g/mol. The van der Waals surface area contributed by atoms with Gasteiger partial charge >= 0.3 is 10.4 Å². The van der Waals surface area contributed by atoms with Gasteiger partial charge < -0.3 is 4.74 Å². The molecule has 1 aromatic carbocycles. The zero-order valence-corrected chi connectivity index (χ0v) is 14.9. The van der Waals surface area contributed by atoms with Crippen LogP contribution in [0.2, 0.25) is 15.1 Å². The van der Waals surface area contributed by atoms with Crippen LogP contribution in [0.4, 0.5) is 5.69 Å². The first-order valence-corrected chi connectivity index (χ1v) is 8.35. The molecule has 2 rings (SSSR count). The van der Waals surface area contributed by atoms with Gasteiger partial charge in [-0.25, -0.2) is 4.79 Å². The summed E-state index contributed by atoms with van der Waals surface area (Å²) < 4.78 is 3.04. The highest BCUT2D eigenvalue weighted by molar-refractivity contribution is 6.57. The van der Waals surface area contributed by atoms with Crippen molar-refractivity contribution in [3.8, 4) is 0 Å². The zero-order valence-electron chi connectivity index (χ0n) is 11.2. The third-order valence-corrected chi connectivity index (χ3v) is 4.33. The highest BCUT2D eigenvalue weighted by Gasteiger charge is 2.38. The van der Waals surface area contributed by atoms with Crippen molar-refractivity contribution in [1.82, 2.24) is 0 Å². The number of azo groups is 1. The van der Waals surface area contributed by atoms with Crippen LogP contribution in [0.25, 0.3) is 0 Å². The SMILES string of the molecule is O=C(OC1CCCC1)C(Cl)(Cl)/N=N/c1c(Cl)cc(Cl)cc1Cl. The lowest BCUT2D eigenvalue weighted by Gasteiger charge is -2.16. The molecule has 0 bridgehead atoms. The van der Waals surface area contributed by atoms with Gasteiger partial charge in [0.25, 0.3) is 0 Å². The molecular weight excluding hydrogens is 393 g/mol. The Morgan fingerprint density at radius 2 is 1.68 bits per heavy atom. The fourth-order valence-corrected chi connectivity index (χ4v) is 3.07. The normalized spacial score (nSPS) is 16.4. The minimum absolute atomic E-state index is 0.118. The fourth-order valence-electron chi connectivity index (χ4n) is 2.01. The summed E-state index contributed by atoms with van der Waals surface area (Å²) in [4.78, 5) is 11.9. The van der Waals surface area contributed by atoms with Crippen LogP contribution in [-0.2, 0) is 9.53 Å². The molecule has 120 valence electrons.